The first-order chi connectivity index (χ1) is 13.2. The minimum Gasteiger partial charge on any atom is -0.370 e. The van der Waals surface area contributed by atoms with E-state index in [2.05, 4.69) is 56.8 Å². The summed E-state index contributed by atoms with van der Waals surface area (Å²) in [5.41, 5.74) is 1.33. The first-order valence-electron chi connectivity index (χ1n) is 9.56. The lowest BCUT2D eigenvalue weighted by molar-refractivity contribution is -0.906. The van der Waals surface area contributed by atoms with E-state index in [4.69, 9.17) is 16.3 Å². The van der Waals surface area contributed by atoms with Crippen LogP contribution in [0.2, 0.25) is 5.28 Å². The van der Waals surface area contributed by atoms with Crippen molar-refractivity contribution < 1.29 is 9.64 Å². The smallest absolute Gasteiger partial charge is 0.229 e. The van der Waals surface area contributed by atoms with Gasteiger partial charge in [0.15, 0.2) is 0 Å². The van der Waals surface area contributed by atoms with Crippen molar-refractivity contribution in [2.24, 2.45) is 0 Å². The average Bonchev–Trinajstić information content (AvgIpc) is 2.68. The van der Waals surface area contributed by atoms with Crippen molar-refractivity contribution in [2.75, 3.05) is 50.0 Å². The fourth-order valence-electron chi connectivity index (χ4n) is 3.08. The predicted octanol–water partition coefficient (Wildman–Crippen LogP) is 1.29. The number of ether oxygens (including phenoxy) is 1. The Kier molecular flexibility index (Phi) is 7.62. The summed E-state index contributed by atoms with van der Waals surface area (Å²) in [6, 6.07) is 10.7. The summed E-state index contributed by atoms with van der Waals surface area (Å²) in [4.78, 5) is 14.4. The summed E-state index contributed by atoms with van der Waals surface area (Å²) < 4.78 is 5.38. The standard InChI is InChI=1S/C19H27ClN6O/c1-15(7-8-16-5-3-2-4-6-16)22-19-24-17(20)23-18(25-19)21-9-10-26-11-13-27-14-12-26/h2-6,15H,7-14H2,1H3,(H2,21,22,23,24,25)/p+1. The minimum atomic E-state index is 0.198. The summed E-state index contributed by atoms with van der Waals surface area (Å²) in [7, 11) is 0. The molecule has 146 valence electrons. The van der Waals surface area contributed by atoms with Crippen LogP contribution in [-0.4, -0.2) is 60.4 Å². The van der Waals surface area contributed by atoms with E-state index in [0.29, 0.717) is 11.9 Å². The van der Waals surface area contributed by atoms with E-state index in [-0.39, 0.29) is 11.3 Å². The number of rotatable bonds is 9. The number of anilines is 2. The zero-order valence-electron chi connectivity index (χ0n) is 15.7. The molecule has 0 bridgehead atoms. The average molecular weight is 392 g/mol. The number of morpholine rings is 1. The third kappa shape index (κ3) is 6.93. The number of halogens is 1. The summed E-state index contributed by atoms with van der Waals surface area (Å²) in [5.74, 6) is 1.03. The Morgan fingerprint density at radius 2 is 1.85 bits per heavy atom. The monoisotopic (exact) mass is 391 g/mol. The molecule has 0 aliphatic carbocycles. The van der Waals surface area contributed by atoms with Crippen LogP contribution in [0.3, 0.4) is 0 Å². The molecule has 1 atom stereocenters. The number of quaternary nitrogens is 1. The SMILES string of the molecule is CC(CCc1ccccc1)Nc1nc(Cl)nc(NCC[NH+]2CCOCC2)n1. The molecule has 0 amide bonds. The van der Waals surface area contributed by atoms with Gasteiger partial charge in [0.1, 0.15) is 13.1 Å². The first-order valence-corrected chi connectivity index (χ1v) is 9.94. The normalized spacial score (nSPS) is 16.1. The molecule has 7 nitrogen and oxygen atoms in total. The number of nitrogens with zero attached hydrogens (tertiary/aromatic N) is 3. The molecule has 3 N–H and O–H groups in total. The Balaban J connectivity index is 1.46. The topological polar surface area (TPSA) is 76.4 Å². The van der Waals surface area contributed by atoms with Gasteiger partial charge in [-0.3, -0.25) is 0 Å². The fraction of sp³-hybridized carbons (Fsp3) is 0.526. The van der Waals surface area contributed by atoms with Gasteiger partial charge in [0.05, 0.1) is 26.3 Å². The van der Waals surface area contributed by atoms with Crippen LogP contribution in [0.1, 0.15) is 18.9 Å². The maximum absolute atomic E-state index is 6.07. The van der Waals surface area contributed by atoms with E-state index < -0.39 is 0 Å². The van der Waals surface area contributed by atoms with Gasteiger partial charge in [0.2, 0.25) is 17.2 Å². The van der Waals surface area contributed by atoms with Crippen LogP contribution >= 0.6 is 11.6 Å². The van der Waals surface area contributed by atoms with Gasteiger partial charge in [-0.15, -0.1) is 0 Å². The highest BCUT2D eigenvalue weighted by Gasteiger charge is 2.14. The molecule has 1 aliphatic heterocycles. The molecule has 27 heavy (non-hydrogen) atoms. The van der Waals surface area contributed by atoms with Crippen molar-refractivity contribution in [3.63, 3.8) is 0 Å². The summed E-state index contributed by atoms with van der Waals surface area (Å²) in [5, 5.41) is 6.78. The lowest BCUT2D eigenvalue weighted by Gasteiger charge is -2.23. The second-order valence-electron chi connectivity index (χ2n) is 6.86. The molecule has 1 saturated heterocycles. The molecule has 2 aromatic rings. The van der Waals surface area contributed by atoms with E-state index in [9.17, 15) is 0 Å². The molecule has 8 heteroatoms. The van der Waals surface area contributed by atoms with E-state index in [0.717, 1.165) is 52.2 Å². The molecule has 2 heterocycles. The Bertz CT molecular complexity index is 696. The quantitative estimate of drug-likeness (QED) is 0.598. The molecular formula is C19H28ClN6O+. The van der Waals surface area contributed by atoms with E-state index in [1.807, 2.05) is 6.07 Å². The number of aryl methyl sites for hydroxylation is 1. The molecule has 1 aromatic carbocycles. The molecule has 0 saturated carbocycles. The highest BCUT2D eigenvalue weighted by molar-refractivity contribution is 6.28. The molecule has 0 radical (unpaired) electrons. The number of benzene rings is 1. The largest absolute Gasteiger partial charge is 0.370 e. The van der Waals surface area contributed by atoms with Crippen molar-refractivity contribution in [3.05, 3.63) is 41.2 Å². The second-order valence-corrected chi connectivity index (χ2v) is 7.20. The molecular weight excluding hydrogens is 364 g/mol. The third-order valence-corrected chi connectivity index (χ3v) is 4.82. The van der Waals surface area contributed by atoms with E-state index in [1.165, 1.54) is 10.5 Å². The van der Waals surface area contributed by atoms with Crippen LogP contribution in [-0.2, 0) is 11.2 Å². The summed E-state index contributed by atoms with van der Waals surface area (Å²) in [6.07, 6.45) is 1.98. The van der Waals surface area contributed by atoms with Gasteiger partial charge in [0.25, 0.3) is 0 Å². The van der Waals surface area contributed by atoms with Gasteiger partial charge < -0.3 is 20.3 Å². The summed E-state index contributed by atoms with van der Waals surface area (Å²) in [6.45, 7) is 7.68. The molecule has 1 fully saturated rings. The van der Waals surface area contributed by atoms with Gasteiger partial charge in [-0.05, 0) is 36.9 Å². The van der Waals surface area contributed by atoms with Crippen LogP contribution in [0.5, 0.6) is 0 Å². The highest BCUT2D eigenvalue weighted by Crippen LogP contribution is 2.12. The van der Waals surface area contributed by atoms with E-state index >= 15 is 0 Å². The van der Waals surface area contributed by atoms with Crippen LogP contribution < -0.4 is 15.5 Å². The van der Waals surface area contributed by atoms with Gasteiger partial charge >= 0.3 is 0 Å². The van der Waals surface area contributed by atoms with Crippen molar-refractivity contribution in [2.45, 2.75) is 25.8 Å². The molecule has 3 rings (SSSR count). The van der Waals surface area contributed by atoms with Crippen molar-refractivity contribution in [3.8, 4) is 0 Å². The van der Waals surface area contributed by atoms with Crippen molar-refractivity contribution >= 4 is 23.5 Å². The van der Waals surface area contributed by atoms with Crippen molar-refractivity contribution in [1.82, 2.24) is 15.0 Å². The maximum atomic E-state index is 6.07. The van der Waals surface area contributed by atoms with Crippen molar-refractivity contribution in [1.29, 1.82) is 0 Å². The number of hydrogen-bond acceptors (Lipinski definition) is 6. The van der Waals surface area contributed by atoms with Crippen LogP contribution in [0.4, 0.5) is 11.9 Å². The Morgan fingerprint density at radius 1 is 1.11 bits per heavy atom. The third-order valence-electron chi connectivity index (χ3n) is 4.65. The van der Waals surface area contributed by atoms with Gasteiger partial charge in [-0.2, -0.15) is 15.0 Å². The Labute approximate surface area is 165 Å². The first kappa shape index (κ1) is 19.8. The molecule has 0 spiro atoms. The zero-order valence-corrected chi connectivity index (χ0v) is 16.5. The lowest BCUT2D eigenvalue weighted by Crippen LogP contribution is -3.14. The Hall–Kier alpha value is -1.96. The van der Waals surface area contributed by atoms with Crippen LogP contribution in [0.15, 0.2) is 30.3 Å². The maximum Gasteiger partial charge on any atom is 0.229 e. The predicted molar refractivity (Wildman–Crippen MR) is 108 cm³/mol. The van der Waals surface area contributed by atoms with E-state index in [1.54, 1.807) is 0 Å². The number of aromatic nitrogens is 3. The van der Waals surface area contributed by atoms with Gasteiger partial charge in [-0.1, -0.05) is 30.3 Å². The molecule has 1 aliphatic rings. The molecule has 1 unspecified atom stereocenters. The number of hydrogen-bond donors (Lipinski definition) is 3. The van der Waals surface area contributed by atoms with Crippen LogP contribution in [0.25, 0.3) is 0 Å². The minimum absolute atomic E-state index is 0.198. The number of nitrogens with one attached hydrogen (secondary N) is 3. The second kappa shape index (κ2) is 10.4. The lowest BCUT2D eigenvalue weighted by atomic mass is 10.1. The zero-order chi connectivity index (χ0) is 18.9. The highest BCUT2D eigenvalue weighted by atomic mass is 35.5. The van der Waals surface area contributed by atoms with Gasteiger partial charge in [0, 0.05) is 6.04 Å². The fourth-order valence-corrected chi connectivity index (χ4v) is 3.24. The van der Waals surface area contributed by atoms with Gasteiger partial charge in [-0.25, -0.2) is 0 Å². The summed E-state index contributed by atoms with van der Waals surface area (Å²) >= 11 is 6.07. The Morgan fingerprint density at radius 3 is 2.63 bits per heavy atom. The molecule has 1 aromatic heterocycles. The van der Waals surface area contributed by atoms with Crippen LogP contribution in [0, 0.1) is 0 Å².